The summed E-state index contributed by atoms with van der Waals surface area (Å²) >= 11 is 0. The minimum atomic E-state index is -0.260. The van der Waals surface area contributed by atoms with Gasteiger partial charge in [0.05, 0.1) is 32.6 Å². The Labute approximate surface area is 203 Å². The van der Waals surface area contributed by atoms with Crippen molar-refractivity contribution in [2.24, 2.45) is 0 Å². The fourth-order valence-electron chi connectivity index (χ4n) is 3.56. The number of amides is 1. The van der Waals surface area contributed by atoms with E-state index in [2.05, 4.69) is 20.6 Å². The maximum atomic E-state index is 12.8. The van der Waals surface area contributed by atoms with Crippen molar-refractivity contribution in [3.63, 3.8) is 0 Å². The van der Waals surface area contributed by atoms with E-state index in [0.29, 0.717) is 34.4 Å². The molecule has 4 aromatic rings. The van der Waals surface area contributed by atoms with Gasteiger partial charge >= 0.3 is 0 Å². The van der Waals surface area contributed by atoms with E-state index in [1.54, 1.807) is 38.6 Å². The Morgan fingerprint density at radius 2 is 1.60 bits per heavy atom. The molecule has 1 heterocycles. The number of hydrogen-bond acceptors (Lipinski definition) is 7. The summed E-state index contributed by atoms with van der Waals surface area (Å²) in [6.07, 6.45) is 1.68. The van der Waals surface area contributed by atoms with Crippen LogP contribution in [-0.4, -0.2) is 37.2 Å². The number of aryl methyl sites for hydroxylation is 1. The number of carbonyl (C=O) groups excluding carboxylic acids is 1. The van der Waals surface area contributed by atoms with Crippen LogP contribution in [0.25, 0.3) is 11.3 Å². The van der Waals surface area contributed by atoms with Crippen molar-refractivity contribution in [1.29, 1.82) is 0 Å². The molecule has 0 radical (unpaired) electrons. The van der Waals surface area contributed by atoms with Crippen LogP contribution in [0.15, 0.2) is 72.9 Å². The lowest BCUT2D eigenvalue weighted by Crippen LogP contribution is -2.13. The normalized spacial score (nSPS) is 10.4. The molecule has 0 bridgehead atoms. The second-order valence-corrected chi connectivity index (χ2v) is 7.64. The molecule has 8 heteroatoms. The maximum absolute atomic E-state index is 12.8. The highest BCUT2D eigenvalue weighted by atomic mass is 16.5. The zero-order valence-corrected chi connectivity index (χ0v) is 20.0. The number of hydrogen-bond donors (Lipinski definition) is 2. The van der Waals surface area contributed by atoms with Gasteiger partial charge in [-0.2, -0.15) is 0 Å². The molecule has 0 aliphatic carbocycles. The van der Waals surface area contributed by atoms with Gasteiger partial charge in [0.2, 0.25) is 5.95 Å². The minimum absolute atomic E-state index is 0.260. The van der Waals surface area contributed by atoms with Crippen molar-refractivity contribution in [2.45, 2.75) is 6.92 Å². The molecule has 0 unspecified atom stereocenters. The molecule has 1 aromatic heterocycles. The molecule has 35 heavy (non-hydrogen) atoms. The van der Waals surface area contributed by atoms with Crippen LogP contribution < -0.4 is 24.8 Å². The van der Waals surface area contributed by atoms with Gasteiger partial charge in [0.1, 0.15) is 5.75 Å². The molecule has 0 spiro atoms. The lowest BCUT2D eigenvalue weighted by Gasteiger charge is -2.13. The molecule has 3 aromatic carbocycles. The van der Waals surface area contributed by atoms with Gasteiger partial charge in [-0.3, -0.25) is 4.79 Å². The topological polar surface area (TPSA) is 94.6 Å². The van der Waals surface area contributed by atoms with Crippen molar-refractivity contribution in [1.82, 2.24) is 9.97 Å². The largest absolute Gasteiger partial charge is 0.496 e. The third-order valence-electron chi connectivity index (χ3n) is 5.43. The van der Waals surface area contributed by atoms with Crippen molar-refractivity contribution >= 4 is 23.2 Å². The molecule has 0 atom stereocenters. The zero-order valence-electron chi connectivity index (χ0n) is 20.0. The summed E-state index contributed by atoms with van der Waals surface area (Å²) in [4.78, 5) is 21.8. The number of ether oxygens (including phenoxy) is 3. The van der Waals surface area contributed by atoms with E-state index in [9.17, 15) is 4.79 Å². The van der Waals surface area contributed by atoms with Crippen LogP contribution >= 0.6 is 0 Å². The van der Waals surface area contributed by atoms with Crippen LogP contribution in [0.2, 0.25) is 0 Å². The molecule has 0 aliphatic heterocycles. The molecule has 0 saturated heterocycles. The molecular weight excluding hydrogens is 444 g/mol. The fraction of sp³-hybridized carbons (Fsp3) is 0.148. The van der Waals surface area contributed by atoms with Gasteiger partial charge < -0.3 is 24.8 Å². The lowest BCUT2D eigenvalue weighted by molar-refractivity contribution is 0.102. The molecule has 0 fully saturated rings. The average Bonchev–Trinajstić information content (AvgIpc) is 2.90. The van der Waals surface area contributed by atoms with Crippen molar-refractivity contribution in [2.75, 3.05) is 32.0 Å². The number of nitrogens with one attached hydrogen (secondary N) is 2. The van der Waals surface area contributed by atoms with E-state index in [4.69, 9.17) is 14.2 Å². The predicted octanol–water partition coefficient (Wildman–Crippen LogP) is 5.47. The van der Waals surface area contributed by atoms with Crippen LogP contribution in [0, 0.1) is 6.92 Å². The van der Waals surface area contributed by atoms with E-state index < -0.39 is 0 Å². The molecule has 4 rings (SSSR count). The summed E-state index contributed by atoms with van der Waals surface area (Å²) in [5.41, 5.74) is 4.41. The third kappa shape index (κ3) is 5.33. The Bertz CT molecular complexity index is 1360. The Hall–Kier alpha value is -4.59. The number of carbonyl (C=O) groups is 1. The highest BCUT2D eigenvalue weighted by molar-refractivity contribution is 6.06. The molecule has 0 saturated carbocycles. The van der Waals surface area contributed by atoms with E-state index in [-0.39, 0.29) is 5.91 Å². The Kier molecular flexibility index (Phi) is 7.11. The van der Waals surface area contributed by atoms with Crippen LogP contribution in [0.4, 0.5) is 17.3 Å². The number of anilines is 3. The first kappa shape index (κ1) is 23.6. The summed E-state index contributed by atoms with van der Waals surface area (Å²) in [6, 6.07) is 20.1. The van der Waals surface area contributed by atoms with Crippen LogP contribution in [0.1, 0.15) is 15.9 Å². The smallest absolute Gasteiger partial charge is 0.259 e. The molecule has 178 valence electrons. The van der Waals surface area contributed by atoms with Gasteiger partial charge in [-0.15, -0.1) is 0 Å². The number of methoxy groups -OCH3 is 3. The highest BCUT2D eigenvalue weighted by Gasteiger charge is 2.13. The first-order chi connectivity index (χ1) is 17.0. The quantitative estimate of drug-likeness (QED) is 0.352. The van der Waals surface area contributed by atoms with E-state index in [0.717, 1.165) is 22.5 Å². The lowest BCUT2D eigenvalue weighted by atomic mass is 10.1. The number of aromatic nitrogens is 2. The fourth-order valence-corrected chi connectivity index (χ4v) is 3.56. The summed E-state index contributed by atoms with van der Waals surface area (Å²) in [7, 11) is 4.73. The maximum Gasteiger partial charge on any atom is 0.259 e. The first-order valence-corrected chi connectivity index (χ1v) is 10.9. The SMILES string of the molecule is COc1ccc(-c2ccnc(Nc3cc(NC(=O)c4ccccc4OC)ccc3C)n2)cc1OC. The van der Waals surface area contributed by atoms with Gasteiger partial charge in [-0.25, -0.2) is 9.97 Å². The van der Waals surface area contributed by atoms with Crippen LogP contribution in [0.5, 0.6) is 17.2 Å². The Morgan fingerprint density at radius 3 is 2.37 bits per heavy atom. The summed E-state index contributed by atoms with van der Waals surface area (Å²) in [5, 5.41) is 6.18. The molecular formula is C27H26N4O4. The van der Waals surface area contributed by atoms with Gasteiger partial charge in [0, 0.05) is 23.1 Å². The minimum Gasteiger partial charge on any atom is -0.496 e. The van der Waals surface area contributed by atoms with Gasteiger partial charge in [-0.05, 0) is 61.0 Å². The Balaban J connectivity index is 1.56. The monoisotopic (exact) mass is 470 g/mol. The van der Waals surface area contributed by atoms with Crippen molar-refractivity contribution in [3.8, 4) is 28.5 Å². The summed E-state index contributed by atoms with van der Waals surface area (Å²) < 4.78 is 16.0. The molecule has 1 amide bonds. The van der Waals surface area contributed by atoms with E-state index in [1.165, 1.54) is 7.11 Å². The van der Waals surface area contributed by atoms with Crippen molar-refractivity contribution < 1.29 is 19.0 Å². The van der Waals surface area contributed by atoms with Gasteiger partial charge in [-0.1, -0.05) is 18.2 Å². The first-order valence-electron chi connectivity index (χ1n) is 10.9. The third-order valence-corrected chi connectivity index (χ3v) is 5.43. The molecule has 8 nitrogen and oxygen atoms in total. The number of rotatable bonds is 8. The van der Waals surface area contributed by atoms with Crippen molar-refractivity contribution in [3.05, 3.63) is 84.1 Å². The zero-order chi connectivity index (χ0) is 24.8. The molecule has 2 N–H and O–H groups in total. The van der Waals surface area contributed by atoms with Crippen LogP contribution in [0.3, 0.4) is 0 Å². The second kappa shape index (κ2) is 10.6. The highest BCUT2D eigenvalue weighted by Crippen LogP contribution is 2.32. The van der Waals surface area contributed by atoms with Gasteiger partial charge in [0.25, 0.3) is 5.91 Å². The average molecular weight is 471 g/mol. The van der Waals surface area contributed by atoms with Gasteiger partial charge in [0.15, 0.2) is 11.5 Å². The number of benzene rings is 3. The predicted molar refractivity (Wildman–Crippen MR) is 136 cm³/mol. The van der Waals surface area contributed by atoms with E-state index >= 15 is 0 Å². The molecule has 0 aliphatic rings. The standard InChI is InChI=1S/C27H26N4O4/c1-17-9-11-19(29-26(32)20-7-5-6-8-23(20)33-2)16-22(17)31-27-28-14-13-21(30-27)18-10-12-24(34-3)25(15-18)35-4/h5-16H,1-4H3,(H,29,32)(H,28,30,31). The van der Waals surface area contributed by atoms with E-state index in [1.807, 2.05) is 55.5 Å². The van der Waals surface area contributed by atoms with Crippen LogP contribution in [-0.2, 0) is 0 Å². The number of para-hydroxylation sites is 1. The summed E-state index contributed by atoms with van der Waals surface area (Å²) in [6.45, 7) is 1.96. The summed E-state index contributed by atoms with van der Waals surface area (Å²) in [5.74, 6) is 1.94. The number of nitrogens with zero attached hydrogens (tertiary/aromatic N) is 2. The second-order valence-electron chi connectivity index (χ2n) is 7.64. The Morgan fingerprint density at radius 1 is 0.829 bits per heavy atom.